The van der Waals surface area contributed by atoms with E-state index >= 15 is 0 Å². The third-order valence-electron chi connectivity index (χ3n) is 2.81. The first-order chi connectivity index (χ1) is 6.25. The Morgan fingerprint density at radius 1 is 1.46 bits per heavy atom. The molecule has 0 aliphatic heterocycles. The summed E-state index contributed by atoms with van der Waals surface area (Å²) in [5, 5.41) is 12.0. The van der Waals surface area contributed by atoms with Crippen LogP contribution in [0.1, 0.15) is 39.0 Å². The predicted molar refractivity (Wildman–Crippen MR) is 51.7 cm³/mol. The summed E-state index contributed by atoms with van der Waals surface area (Å²) in [5.74, 6) is -0.333. The SMILES string of the molecule is CCNC(C(=O)O)C1CCCCC1. The highest BCUT2D eigenvalue weighted by Crippen LogP contribution is 2.26. The average Bonchev–Trinajstić information content (AvgIpc) is 2.15. The van der Waals surface area contributed by atoms with Gasteiger partial charge in [-0.2, -0.15) is 0 Å². The first-order valence-corrected chi connectivity index (χ1v) is 5.22. The van der Waals surface area contributed by atoms with Crippen molar-refractivity contribution in [3.63, 3.8) is 0 Å². The number of nitrogens with one attached hydrogen (secondary N) is 1. The molecule has 0 aromatic rings. The van der Waals surface area contributed by atoms with Crippen LogP contribution in [-0.2, 0) is 4.79 Å². The van der Waals surface area contributed by atoms with Crippen molar-refractivity contribution in [3.05, 3.63) is 0 Å². The maximum Gasteiger partial charge on any atom is 0.320 e. The second kappa shape index (κ2) is 5.22. The molecule has 3 heteroatoms. The number of likely N-dealkylation sites (N-methyl/N-ethyl adjacent to an activating group) is 1. The summed E-state index contributed by atoms with van der Waals surface area (Å²) in [7, 11) is 0. The maximum absolute atomic E-state index is 10.9. The molecule has 0 radical (unpaired) electrons. The van der Waals surface area contributed by atoms with Crippen molar-refractivity contribution in [2.45, 2.75) is 45.1 Å². The van der Waals surface area contributed by atoms with Crippen molar-refractivity contribution >= 4 is 5.97 Å². The van der Waals surface area contributed by atoms with E-state index in [4.69, 9.17) is 5.11 Å². The molecule has 0 aromatic carbocycles. The van der Waals surface area contributed by atoms with Gasteiger partial charge in [-0.1, -0.05) is 26.2 Å². The fourth-order valence-electron chi connectivity index (χ4n) is 2.14. The van der Waals surface area contributed by atoms with Crippen LogP contribution in [0.2, 0.25) is 0 Å². The molecular weight excluding hydrogens is 166 g/mol. The van der Waals surface area contributed by atoms with Crippen molar-refractivity contribution < 1.29 is 9.90 Å². The Hall–Kier alpha value is -0.570. The zero-order valence-corrected chi connectivity index (χ0v) is 8.25. The molecule has 0 spiro atoms. The number of carbonyl (C=O) groups is 1. The van der Waals surface area contributed by atoms with Crippen molar-refractivity contribution in [3.8, 4) is 0 Å². The van der Waals surface area contributed by atoms with Crippen LogP contribution in [0.25, 0.3) is 0 Å². The number of hydrogen-bond acceptors (Lipinski definition) is 2. The highest BCUT2D eigenvalue weighted by molar-refractivity contribution is 5.73. The van der Waals surface area contributed by atoms with Gasteiger partial charge in [-0.3, -0.25) is 4.79 Å². The van der Waals surface area contributed by atoms with E-state index < -0.39 is 5.97 Å². The van der Waals surface area contributed by atoms with Crippen LogP contribution in [0.4, 0.5) is 0 Å². The molecule has 1 rings (SSSR count). The summed E-state index contributed by atoms with van der Waals surface area (Å²) in [6.45, 7) is 2.70. The summed E-state index contributed by atoms with van der Waals surface area (Å²) >= 11 is 0. The quantitative estimate of drug-likeness (QED) is 0.700. The Morgan fingerprint density at radius 2 is 2.08 bits per heavy atom. The molecule has 13 heavy (non-hydrogen) atoms. The van der Waals surface area contributed by atoms with Gasteiger partial charge in [-0.25, -0.2) is 0 Å². The average molecular weight is 185 g/mol. The predicted octanol–water partition coefficient (Wildman–Crippen LogP) is 1.63. The van der Waals surface area contributed by atoms with Gasteiger partial charge in [0.15, 0.2) is 0 Å². The lowest BCUT2D eigenvalue weighted by atomic mass is 9.84. The van der Waals surface area contributed by atoms with Gasteiger partial charge in [-0.05, 0) is 25.3 Å². The van der Waals surface area contributed by atoms with Crippen LogP contribution in [0.15, 0.2) is 0 Å². The molecule has 0 aromatic heterocycles. The molecule has 1 aliphatic rings. The monoisotopic (exact) mass is 185 g/mol. The van der Waals surface area contributed by atoms with E-state index in [0.717, 1.165) is 19.4 Å². The second-order valence-electron chi connectivity index (χ2n) is 3.77. The van der Waals surface area contributed by atoms with E-state index in [-0.39, 0.29) is 6.04 Å². The molecule has 0 amide bonds. The second-order valence-corrected chi connectivity index (χ2v) is 3.77. The summed E-state index contributed by atoms with van der Waals surface area (Å²) < 4.78 is 0. The fourth-order valence-corrected chi connectivity index (χ4v) is 2.14. The molecule has 0 saturated heterocycles. The maximum atomic E-state index is 10.9. The van der Waals surface area contributed by atoms with Crippen molar-refractivity contribution in [2.24, 2.45) is 5.92 Å². The van der Waals surface area contributed by atoms with E-state index in [0.29, 0.717) is 5.92 Å². The number of rotatable bonds is 4. The van der Waals surface area contributed by atoms with Crippen molar-refractivity contribution in [2.75, 3.05) is 6.54 Å². The summed E-state index contributed by atoms with van der Waals surface area (Å²) in [5.41, 5.74) is 0. The molecule has 1 aliphatic carbocycles. The Kier molecular flexibility index (Phi) is 4.22. The van der Waals surface area contributed by atoms with Crippen LogP contribution in [0, 0.1) is 5.92 Å². The smallest absolute Gasteiger partial charge is 0.320 e. The van der Waals surface area contributed by atoms with Crippen LogP contribution in [0.5, 0.6) is 0 Å². The Labute approximate surface area is 79.5 Å². The lowest BCUT2D eigenvalue weighted by Gasteiger charge is -2.27. The topological polar surface area (TPSA) is 49.3 Å². The van der Waals surface area contributed by atoms with Gasteiger partial charge >= 0.3 is 5.97 Å². The van der Waals surface area contributed by atoms with E-state index in [9.17, 15) is 4.79 Å². The Morgan fingerprint density at radius 3 is 2.54 bits per heavy atom. The molecule has 1 fully saturated rings. The van der Waals surface area contributed by atoms with Gasteiger partial charge in [0.2, 0.25) is 0 Å². The zero-order chi connectivity index (χ0) is 9.68. The molecule has 3 nitrogen and oxygen atoms in total. The normalized spacial score (nSPS) is 21.3. The highest BCUT2D eigenvalue weighted by atomic mass is 16.4. The summed E-state index contributed by atoms with van der Waals surface area (Å²) in [6, 6.07) is -0.315. The molecule has 1 unspecified atom stereocenters. The van der Waals surface area contributed by atoms with Crippen LogP contribution < -0.4 is 5.32 Å². The van der Waals surface area contributed by atoms with Crippen molar-refractivity contribution in [1.82, 2.24) is 5.32 Å². The van der Waals surface area contributed by atoms with E-state index in [1.165, 1.54) is 19.3 Å². The van der Waals surface area contributed by atoms with Gasteiger partial charge in [0.25, 0.3) is 0 Å². The third-order valence-corrected chi connectivity index (χ3v) is 2.81. The molecule has 76 valence electrons. The van der Waals surface area contributed by atoms with Crippen LogP contribution in [-0.4, -0.2) is 23.7 Å². The lowest BCUT2D eigenvalue weighted by Crippen LogP contribution is -2.43. The zero-order valence-electron chi connectivity index (χ0n) is 8.25. The minimum atomic E-state index is -0.686. The van der Waals surface area contributed by atoms with Gasteiger partial charge in [0.1, 0.15) is 6.04 Å². The lowest BCUT2D eigenvalue weighted by molar-refractivity contribution is -0.141. The van der Waals surface area contributed by atoms with E-state index in [1.54, 1.807) is 0 Å². The van der Waals surface area contributed by atoms with Crippen LogP contribution >= 0.6 is 0 Å². The first-order valence-electron chi connectivity index (χ1n) is 5.22. The molecule has 2 N–H and O–H groups in total. The molecule has 0 bridgehead atoms. The number of aliphatic carboxylic acids is 1. The number of hydrogen-bond donors (Lipinski definition) is 2. The molecular formula is C10H19NO2. The van der Waals surface area contributed by atoms with Gasteiger partial charge in [-0.15, -0.1) is 0 Å². The van der Waals surface area contributed by atoms with Gasteiger partial charge in [0, 0.05) is 0 Å². The van der Waals surface area contributed by atoms with Gasteiger partial charge in [0.05, 0.1) is 0 Å². The molecule has 1 atom stereocenters. The highest BCUT2D eigenvalue weighted by Gasteiger charge is 2.28. The van der Waals surface area contributed by atoms with Crippen molar-refractivity contribution in [1.29, 1.82) is 0 Å². The Bertz CT molecular complexity index is 164. The minimum absolute atomic E-state index is 0.315. The first kappa shape index (κ1) is 10.5. The molecule has 0 heterocycles. The minimum Gasteiger partial charge on any atom is -0.480 e. The largest absolute Gasteiger partial charge is 0.480 e. The standard InChI is InChI=1S/C10H19NO2/c1-2-11-9(10(12)13)8-6-4-3-5-7-8/h8-9,11H,2-7H2,1H3,(H,12,13). The van der Waals surface area contributed by atoms with Gasteiger partial charge < -0.3 is 10.4 Å². The van der Waals surface area contributed by atoms with E-state index in [2.05, 4.69) is 5.32 Å². The summed E-state index contributed by atoms with van der Waals surface area (Å²) in [4.78, 5) is 10.9. The Balaban J connectivity index is 2.46. The molecule has 1 saturated carbocycles. The summed E-state index contributed by atoms with van der Waals surface area (Å²) in [6.07, 6.45) is 5.81. The number of carboxylic acid groups (broad SMARTS) is 1. The van der Waals surface area contributed by atoms with E-state index in [1.807, 2.05) is 6.92 Å². The fraction of sp³-hybridized carbons (Fsp3) is 0.900. The number of carboxylic acids is 1. The van der Waals surface area contributed by atoms with Crippen LogP contribution in [0.3, 0.4) is 0 Å². The third kappa shape index (κ3) is 2.99.